The van der Waals surface area contributed by atoms with Gasteiger partial charge in [0, 0.05) is 0 Å². The van der Waals surface area contributed by atoms with Crippen molar-refractivity contribution in [3.05, 3.63) is 42.0 Å². The van der Waals surface area contributed by atoms with Gasteiger partial charge in [-0.15, -0.1) is 0 Å². The van der Waals surface area contributed by atoms with Crippen LogP contribution in [0.2, 0.25) is 0 Å². The van der Waals surface area contributed by atoms with Gasteiger partial charge in [0.15, 0.2) is 0 Å². The molecule has 0 aromatic heterocycles. The van der Waals surface area contributed by atoms with Gasteiger partial charge in [0.25, 0.3) is 0 Å². The molecule has 0 nitrogen and oxygen atoms in total. The second-order valence-electron chi connectivity index (χ2n) is 3.44. The van der Waals surface area contributed by atoms with Gasteiger partial charge < -0.3 is 0 Å². The minimum absolute atomic E-state index is 0.755. The normalized spacial score (nSPS) is 11.2. The minimum atomic E-state index is 0.755. The SMILES string of the molecule is CC(C)CC=Cc1ccccc1. The lowest BCUT2D eigenvalue weighted by Gasteiger charge is -1.96. The van der Waals surface area contributed by atoms with Crippen LogP contribution in [-0.4, -0.2) is 0 Å². The predicted octanol–water partition coefficient (Wildman–Crippen LogP) is 3.75. The Balaban J connectivity index is 2.47. The lowest BCUT2D eigenvalue weighted by atomic mass is 10.1. The Morgan fingerprint density at radius 2 is 1.83 bits per heavy atom. The summed E-state index contributed by atoms with van der Waals surface area (Å²) in [7, 11) is 0. The maximum absolute atomic E-state index is 2.24. The Hall–Kier alpha value is -1.04. The topological polar surface area (TPSA) is 0 Å². The molecule has 1 rings (SSSR count). The van der Waals surface area contributed by atoms with E-state index in [1.807, 2.05) is 6.07 Å². The Kier molecular flexibility index (Phi) is 3.59. The first-order chi connectivity index (χ1) is 5.79. The van der Waals surface area contributed by atoms with Gasteiger partial charge in [-0.2, -0.15) is 0 Å². The number of allylic oxidation sites excluding steroid dienone is 1. The summed E-state index contributed by atoms with van der Waals surface area (Å²) in [4.78, 5) is 0. The molecular weight excluding hydrogens is 144 g/mol. The molecule has 0 atom stereocenters. The molecule has 0 bridgehead atoms. The molecule has 1 aromatic carbocycles. The summed E-state index contributed by atoms with van der Waals surface area (Å²) in [5.41, 5.74) is 1.29. The molecule has 0 aliphatic heterocycles. The molecule has 1 aromatic rings. The molecule has 0 saturated carbocycles. The van der Waals surface area contributed by atoms with Crippen LogP contribution in [-0.2, 0) is 0 Å². The highest BCUT2D eigenvalue weighted by Gasteiger charge is 1.87. The van der Waals surface area contributed by atoms with Gasteiger partial charge in [-0.05, 0) is 17.9 Å². The van der Waals surface area contributed by atoms with Crippen LogP contribution < -0.4 is 0 Å². The summed E-state index contributed by atoms with van der Waals surface area (Å²) in [6.45, 7) is 4.46. The van der Waals surface area contributed by atoms with E-state index in [1.165, 1.54) is 5.56 Å². The van der Waals surface area contributed by atoms with E-state index in [2.05, 4.69) is 50.3 Å². The average molecular weight is 160 g/mol. The fourth-order valence-electron chi connectivity index (χ4n) is 1.04. The molecule has 0 fully saturated rings. The summed E-state index contributed by atoms with van der Waals surface area (Å²) in [6.07, 6.45) is 5.58. The van der Waals surface area contributed by atoms with E-state index in [-0.39, 0.29) is 0 Å². The number of benzene rings is 1. The van der Waals surface area contributed by atoms with Crippen molar-refractivity contribution in [3.8, 4) is 0 Å². The quantitative estimate of drug-likeness (QED) is 0.631. The summed E-state index contributed by atoms with van der Waals surface area (Å²) in [5, 5.41) is 0. The van der Waals surface area contributed by atoms with Gasteiger partial charge in [0.1, 0.15) is 0 Å². The van der Waals surface area contributed by atoms with Crippen LogP contribution in [0.5, 0.6) is 0 Å². The smallest absolute Gasteiger partial charge is 0.0260 e. The highest BCUT2D eigenvalue weighted by Crippen LogP contribution is 2.05. The number of hydrogen-bond donors (Lipinski definition) is 0. The summed E-state index contributed by atoms with van der Waals surface area (Å²) in [5.74, 6) is 0.755. The second kappa shape index (κ2) is 4.76. The molecule has 0 aliphatic carbocycles. The van der Waals surface area contributed by atoms with Gasteiger partial charge in [0.05, 0.1) is 0 Å². The third kappa shape index (κ3) is 3.38. The maximum Gasteiger partial charge on any atom is -0.0260 e. The maximum atomic E-state index is 2.24. The zero-order valence-corrected chi connectivity index (χ0v) is 7.83. The van der Waals surface area contributed by atoms with Crippen molar-refractivity contribution < 1.29 is 0 Å². The average Bonchev–Trinajstić information content (AvgIpc) is 2.05. The third-order valence-corrected chi connectivity index (χ3v) is 1.72. The van der Waals surface area contributed by atoms with Gasteiger partial charge in [-0.25, -0.2) is 0 Å². The fourth-order valence-corrected chi connectivity index (χ4v) is 1.04. The third-order valence-electron chi connectivity index (χ3n) is 1.72. The Morgan fingerprint density at radius 1 is 1.17 bits per heavy atom. The Bertz CT molecular complexity index is 231. The molecule has 0 spiro atoms. The largest absolute Gasteiger partial charge is 0.0837 e. The standard InChI is InChI=1S/C12H16/c1-11(2)7-6-10-12-8-4-3-5-9-12/h3-6,8-11H,7H2,1-2H3. The van der Waals surface area contributed by atoms with E-state index in [1.54, 1.807) is 0 Å². The van der Waals surface area contributed by atoms with Crippen molar-refractivity contribution >= 4 is 6.08 Å². The lowest BCUT2D eigenvalue weighted by molar-refractivity contribution is 0.665. The molecule has 0 N–H and O–H groups in total. The summed E-state index contributed by atoms with van der Waals surface area (Å²) < 4.78 is 0. The Labute approximate surface area is 74.9 Å². The zero-order valence-electron chi connectivity index (χ0n) is 7.83. The van der Waals surface area contributed by atoms with Crippen LogP contribution in [0.25, 0.3) is 6.08 Å². The van der Waals surface area contributed by atoms with E-state index in [0.29, 0.717) is 0 Å². The van der Waals surface area contributed by atoms with E-state index in [9.17, 15) is 0 Å². The molecule has 12 heavy (non-hydrogen) atoms. The first kappa shape index (κ1) is 9.05. The monoisotopic (exact) mass is 160 g/mol. The first-order valence-electron chi connectivity index (χ1n) is 4.50. The fraction of sp³-hybridized carbons (Fsp3) is 0.333. The first-order valence-corrected chi connectivity index (χ1v) is 4.50. The van der Waals surface area contributed by atoms with Crippen molar-refractivity contribution in [2.75, 3.05) is 0 Å². The van der Waals surface area contributed by atoms with E-state index in [0.717, 1.165) is 12.3 Å². The highest BCUT2D eigenvalue weighted by molar-refractivity contribution is 5.48. The van der Waals surface area contributed by atoms with Crippen molar-refractivity contribution in [2.24, 2.45) is 5.92 Å². The molecule has 0 saturated heterocycles. The molecular formula is C12H16. The highest BCUT2D eigenvalue weighted by atomic mass is 13.9. The molecule has 0 heterocycles. The predicted molar refractivity (Wildman–Crippen MR) is 54.9 cm³/mol. The molecule has 0 unspecified atom stereocenters. The molecule has 64 valence electrons. The minimum Gasteiger partial charge on any atom is -0.0837 e. The van der Waals surface area contributed by atoms with E-state index < -0.39 is 0 Å². The molecule has 0 amide bonds. The summed E-state index contributed by atoms with van der Waals surface area (Å²) >= 11 is 0. The van der Waals surface area contributed by atoms with Gasteiger partial charge in [-0.3, -0.25) is 0 Å². The van der Waals surface area contributed by atoms with Crippen LogP contribution in [0.15, 0.2) is 36.4 Å². The van der Waals surface area contributed by atoms with Gasteiger partial charge in [-0.1, -0.05) is 56.3 Å². The number of hydrogen-bond acceptors (Lipinski definition) is 0. The van der Waals surface area contributed by atoms with Gasteiger partial charge in [0.2, 0.25) is 0 Å². The molecule has 0 heteroatoms. The van der Waals surface area contributed by atoms with Crippen LogP contribution in [0.1, 0.15) is 25.8 Å². The van der Waals surface area contributed by atoms with Crippen molar-refractivity contribution in [1.82, 2.24) is 0 Å². The van der Waals surface area contributed by atoms with Crippen molar-refractivity contribution in [1.29, 1.82) is 0 Å². The van der Waals surface area contributed by atoms with Crippen LogP contribution >= 0.6 is 0 Å². The molecule has 0 radical (unpaired) electrons. The number of rotatable bonds is 3. The van der Waals surface area contributed by atoms with Crippen molar-refractivity contribution in [2.45, 2.75) is 20.3 Å². The summed E-state index contributed by atoms with van der Waals surface area (Å²) in [6, 6.07) is 10.4. The van der Waals surface area contributed by atoms with Crippen LogP contribution in [0.4, 0.5) is 0 Å². The van der Waals surface area contributed by atoms with Crippen LogP contribution in [0, 0.1) is 5.92 Å². The van der Waals surface area contributed by atoms with E-state index >= 15 is 0 Å². The zero-order chi connectivity index (χ0) is 8.81. The van der Waals surface area contributed by atoms with Gasteiger partial charge >= 0.3 is 0 Å². The van der Waals surface area contributed by atoms with E-state index in [4.69, 9.17) is 0 Å². The second-order valence-corrected chi connectivity index (χ2v) is 3.44. The Morgan fingerprint density at radius 3 is 2.42 bits per heavy atom. The molecule has 0 aliphatic rings. The lowest BCUT2D eigenvalue weighted by Crippen LogP contribution is -1.80. The van der Waals surface area contributed by atoms with Crippen LogP contribution in [0.3, 0.4) is 0 Å². The van der Waals surface area contributed by atoms with Crippen molar-refractivity contribution in [3.63, 3.8) is 0 Å².